The molecule has 1 aromatic rings. The molecule has 2 N–H and O–H groups in total. The predicted octanol–water partition coefficient (Wildman–Crippen LogP) is 0.634. The van der Waals surface area contributed by atoms with Crippen LogP contribution in [0.5, 0.6) is 0 Å². The minimum absolute atomic E-state index is 0.0162. The smallest absolute Gasteiger partial charge is 0.330 e. The van der Waals surface area contributed by atoms with Crippen LogP contribution in [0.3, 0.4) is 0 Å². The molecule has 0 aromatic heterocycles. The van der Waals surface area contributed by atoms with Crippen molar-refractivity contribution in [3.05, 3.63) is 28.8 Å². The highest BCUT2D eigenvalue weighted by Gasteiger charge is 2.27. The lowest BCUT2D eigenvalue weighted by Gasteiger charge is -2.20. The molecular formula is C15H21ClN2O6S. The van der Waals surface area contributed by atoms with E-state index in [9.17, 15) is 18.0 Å². The van der Waals surface area contributed by atoms with Crippen LogP contribution in [0.1, 0.15) is 24.2 Å². The summed E-state index contributed by atoms with van der Waals surface area (Å²) in [5.74, 6) is -1.56. The molecule has 1 atom stereocenters. The number of sulfonamides is 1. The van der Waals surface area contributed by atoms with E-state index < -0.39 is 34.5 Å². The minimum Gasteiger partial charge on any atom is -0.467 e. The summed E-state index contributed by atoms with van der Waals surface area (Å²) < 4.78 is 30.9. The molecule has 0 aliphatic heterocycles. The number of nitrogens with zero attached hydrogens (tertiary/aromatic N) is 1. The van der Waals surface area contributed by atoms with E-state index >= 15 is 0 Å². The summed E-state index contributed by atoms with van der Waals surface area (Å²) in [5, 5.41) is 11.4. The number of esters is 1. The number of hydrogen-bond donors (Lipinski definition) is 2. The van der Waals surface area contributed by atoms with Gasteiger partial charge in [0, 0.05) is 18.7 Å². The molecule has 8 nitrogen and oxygen atoms in total. The van der Waals surface area contributed by atoms with Crippen LogP contribution >= 0.6 is 11.6 Å². The average Bonchev–Trinajstić information content (AvgIpc) is 2.59. The molecule has 10 heteroatoms. The van der Waals surface area contributed by atoms with Crippen LogP contribution in [-0.4, -0.2) is 62.6 Å². The summed E-state index contributed by atoms with van der Waals surface area (Å²) in [4.78, 5) is 23.5. The zero-order valence-corrected chi connectivity index (χ0v) is 15.7. The van der Waals surface area contributed by atoms with E-state index in [1.54, 1.807) is 13.8 Å². The molecule has 0 spiro atoms. The second kappa shape index (κ2) is 9.14. The highest BCUT2D eigenvalue weighted by Crippen LogP contribution is 2.26. The number of ether oxygens (including phenoxy) is 1. The number of aliphatic hydroxyl groups is 1. The van der Waals surface area contributed by atoms with Gasteiger partial charge >= 0.3 is 5.97 Å². The molecule has 0 unspecified atom stereocenters. The van der Waals surface area contributed by atoms with E-state index in [0.29, 0.717) is 0 Å². The van der Waals surface area contributed by atoms with E-state index in [4.69, 9.17) is 16.7 Å². The molecule has 0 heterocycles. The van der Waals surface area contributed by atoms with Crippen LogP contribution in [0.25, 0.3) is 0 Å². The van der Waals surface area contributed by atoms with E-state index in [1.807, 2.05) is 0 Å². The van der Waals surface area contributed by atoms with Gasteiger partial charge in [0.15, 0.2) is 6.04 Å². The van der Waals surface area contributed by atoms with Gasteiger partial charge in [0.2, 0.25) is 10.0 Å². The molecular weight excluding hydrogens is 372 g/mol. The van der Waals surface area contributed by atoms with Crippen molar-refractivity contribution < 1.29 is 27.9 Å². The first kappa shape index (κ1) is 21.4. The third kappa shape index (κ3) is 4.91. The number of carbonyl (C=O) groups excluding carboxylic acids is 2. The summed E-state index contributed by atoms with van der Waals surface area (Å²) >= 11 is 6.00. The standard InChI is InChI=1S/C15H21ClN2O6S/c1-4-18(5-2)25(22,23)13-8-10(6-7-11(13)16)14(20)17-12(9-19)15(21)24-3/h6-8,12,19H,4-5,9H2,1-3H3,(H,17,20)/t12-/m0/s1. The van der Waals surface area contributed by atoms with Crippen molar-refractivity contribution in [2.45, 2.75) is 24.8 Å². The third-order valence-electron chi connectivity index (χ3n) is 3.49. The van der Waals surface area contributed by atoms with Crippen LogP contribution < -0.4 is 5.32 Å². The van der Waals surface area contributed by atoms with Gasteiger partial charge in [-0.3, -0.25) is 4.79 Å². The minimum atomic E-state index is -3.86. The third-order valence-corrected chi connectivity index (χ3v) is 6.02. The fourth-order valence-electron chi connectivity index (χ4n) is 2.11. The molecule has 0 aliphatic rings. The van der Waals surface area contributed by atoms with Crippen LogP contribution in [0.15, 0.2) is 23.1 Å². The van der Waals surface area contributed by atoms with Crippen molar-refractivity contribution in [3.63, 3.8) is 0 Å². The van der Waals surface area contributed by atoms with Crippen molar-refractivity contribution in [2.24, 2.45) is 0 Å². The first-order valence-electron chi connectivity index (χ1n) is 7.52. The van der Waals surface area contributed by atoms with Gasteiger partial charge in [-0.05, 0) is 18.2 Å². The number of rotatable bonds is 8. The molecule has 25 heavy (non-hydrogen) atoms. The largest absolute Gasteiger partial charge is 0.467 e. The zero-order valence-electron chi connectivity index (χ0n) is 14.2. The lowest BCUT2D eigenvalue weighted by atomic mass is 10.2. The lowest BCUT2D eigenvalue weighted by molar-refractivity contribution is -0.143. The number of hydrogen-bond acceptors (Lipinski definition) is 6. The van der Waals surface area contributed by atoms with Gasteiger partial charge in [0.1, 0.15) is 4.90 Å². The molecule has 0 saturated heterocycles. The number of amides is 1. The molecule has 0 aliphatic carbocycles. The van der Waals surface area contributed by atoms with Crippen molar-refractivity contribution >= 4 is 33.5 Å². The Bertz CT molecular complexity index is 734. The van der Waals surface area contributed by atoms with E-state index in [2.05, 4.69) is 10.1 Å². The van der Waals surface area contributed by atoms with Gasteiger partial charge in [-0.1, -0.05) is 25.4 Å². The van der Waals surface area contributed by atoms with Crippen LogP contribution in [-0.2, 0) is 19.6 Å². The quantitative estimate of drug-likeness (QED) is 0.627. The lowest BCUT2D eigenvalue weighted by Crippen LogP contribution is -2.44. The fraction of sp³-hybridized carbons (Fsp3) is 0.467. The number of carbonyl (C=O) groups is 2. The normalized spacial score (nSPS) is 12.7. The van der Waals surface area contributed by atoms with Gasteiger partial charge in [-0.2, -0.15) is 4.31 Å². The van der Waals surface area contributed by atoms with Crippen molar-refractivity contribution in [1.82, 2.24) is 9.62 Å². The molecule has 1 amide bonds. The Morgan fingerprint density at radius 2 is 1.92 bits per heavy atom. The molecule has 1 rings (SSSR count). The Hall–Kier alpha value is -1.68. The summed E-state index contributed by atoms with van der Waals surface area (Å²) in [6.45, 7) is 3.22. The molecule has 140 valence electrons. The first-order valence-corrected chi connectivity index (χ1v) is 9.33. The van der Waals surface area contributed by atoms with Gasteiger partial charge in [0.25, 0.3) is 5.91 Å². The maximum atomic E-state index is 12.6. The van der Waals surface area contributed by atoms with Crippen molar-refractivity contribution in [1.29, 1.82) is 0 Å². The predicted molar refractivity (Wildman–Crippen MR) is 91.9 cm³/mol. The highest BCUT2D eigenvalue weighted by molar-refractivity contribution is 7.89. The van der Waals surface area contributed by atoms with Gasteiger partial charge in [-0.15, -0.1) is 0 Å². The van der Waals surface area contributed by atoms with Gasteiger partial charge < -0.3 is 15.2 Å². The summed E-state index contributed by atoms with van der Waals surface area (Å²) in [6, 6.07) is 2.50. The Labute approximate surface area is 151 Å². The monoisotopic (exact) mass is 392 g/mol. The van der Waals surface area contributed by atoms with E-state index in [1.165, 1.54) is 16.4 Å². The van der Waals surface area contributed by atoms with Crippen molar-refractivity contribution in [3.8, 4) is 0 Å². The van der Waals surface area contributed by atoms with Crippen LogP contribution in [0.4, 0.5) is 0 Å². The number of halogens is 1. The first-order chi connectivity index (χ1) is 11.7. The molecule has 1 aromatic carbocycles. The topological polar surface area (TPSA) is 113 Å². The van der Waals surface area contributed by atoms with Gasteiger partial charge in [0.05, 0.1) is 18.7 Å². The average molecular weight is 393 g/mol. The van der Waals surface area contributed by atoms with Gasteiger partial charge in [-0.25, -0.2) is 13.2 Å². The second-order valence-electron chi connectivity index (χ2n) is 4.97. The Kier molecular flexibility index (Phi) is 7.81. The Morgan fingerprint density at radius 1 is 1.32 bits per heavy atom. The highest BCUT2D eigenvalue weighted by atomic mass is 35.5. The Morgan fingerprint density at radius 3 is 2.40 bits per heavy atom. The molecule has 0 fully saturated rings. The summed E-state index contributed by atoms with van der Waals surface area (Å²) in [7, 11) is -2.74. The maximum absolute atomic E-state index is 12.6. The number of nitrogens with one attached hydrogen (secondary N) is 1. The molecule has 0 saturated carbocycles. The summed E-state index contributed by atoms with van der Waals surface area (Å²) in [5.41, 5.74) is -0.0162. The van der Waals surface area contributed by atoms with Crippen molar-refractivity contribution in [2.75, 3.05) is 26.8 Å². The zero-order chi connectivity index (χ0) is 19.2. The fourth-order valence-corrected chi connectivity index (χ4v) is 4.07. The SMILES string of the molecule is CCN(CC)S(=O)(=O)c1cc(C(=O)N[C@@H](CO)C(=O)OC)ccc1Cl. The number of benzene rings is 1. The molecule has 0 radical (unpaired) electrons. The van der Waals surface area contributed by atoms with Crippen LogP contribution in [0.2, 0.25) is 5.02 Å². The number of aliphatic hydroxyl groups excluding tert-OH is 1. The Balaban J connectivity index is 3.21. The summed E-state index contributed by atoms with van der Waals surface area (Å²) in [6.07, 6.45) is 0. The molecule has 0 bridgehead atoms. The van der Waals surface area contributed by atoms with Crippen LogP contribution in [0, 0.1) is 0 Å². The maximum Gasteiger partial charge on any atom is 0.330 e. The number of methoxy groups -OCH3 is 1. The van der Waals surface area contributed by atoms with E-state index in [0.717, 1.165) is 13.2 Å². The second-order valence-corrected chi connectivity index (χ2v) is 7.28. The van der Waals surface area contributed by atoms with E-state index in [-0.39, 0.29) is 28.6 Å².